The molecule has 0 N–H and O–H groups in total. The monoisotopic (exact) mass is 502 g/mol. The molecule has 1 saturated heterocycles. The van der Waals surface area contributed by atoms with Crippen LogP contribution in [0, 0.1) is 0 Å². The molecule has 0 aliphatic carbocycles. The van der Waals surface area contributed by atoms with Crippen molar-refractivity contribution in [1.29, 1.82) is 0 Å². The largest absolute Gasteiger partial charge is 0.493 e. The van der Waals surface area contributed by atoms with Crippen molar-refractivity contribution in [2.45, 2.75) is 6.42 Å². The van der Waals surface area contributed by atoms with Gasteiger partial charge in [0, 0.05) is 50.3 Å². The van der Waals surface area contributed by atoms with Crippen LogP contribution < -0.4 is 28.4 Å². The van der Waals surface area contributed by atoms with Crippen LogP contribution >= 0.6 is 0 Å². The van der Waals surface area contributed by atoms with Gasteiger partial charge in [0.05, 0.1) is 42.7 Å². The number of benzene rings is 2. The summed E-state index contributed by atoms with van der Waals surface area (Å²) in [6.07, 6.45) is 0.333. The number of hydrogen-bond acceptors (Lipinski definition) is 9. The highest BCUT2D eigenvalue weighted by Crippen LogP contribution is 2.39. The van der Waals surface area contributed by atoms with E-state index in [1.165, 1.54) is 42.7 Å². The number of nitrogens with zero attached hydrogens (tertiary/aromatic N) is 2. The van der Waals surface area contributed by atoms with Crippen LogP contribution in [0.1, 0.15) is 27.1 Å². The standard InChI is InChI=1S/C26H34N2O8/c1-31-20-13-17(14-21(32-2)24(20)35-5)19(29)7-8-27-9-11-28(12-10-27)26(30)18-15-22(33-3)25(36-6)23(16-18)34-4/h13-16H,7-12H2,1-6H3. The highest BCUT2D eigenvalue weighted by atomic mass is 16.5. The quantitative estimate of drug-likeness (QED) is 0.430. The Balaban J connectivity index is 1.60. The van der Waals surface area contributed by atoms with Crippen molar-refractivity contribution in [2.75, 3.05) is 75.4 Å². The van der Waals surface area contributed by atoms with Gasteiger partial charge in [-0.05, 0) is 24.3 Å². The van der Waals surface area contributed by atoms with E-state index in [1.54, 1.807) is 29.2 Å². The van der Waals surface area contributed by atoms with Crippen molar-refractivity contribution >= 4 is 11.7 Å². The molecule has 1 amide bonds. The zero-order valence-electron chi connectivity index (χ0n) is 21.7. The van der Waals surface area contributed by atoms with Gasteiger partial charge in [0.1, 0.15) is 0 Å². The Hall–Kier alpha value is -3.66. The lowest BCUT2D eigenvalue weighted by Gasteiger charge is -2.34. The van der Waals surface area contributed by atoms with E-state index >= 15 is 0 Å². The molecule has 0 aromatic heterocycles. The fourth-order valence-corrected chi connectivity index (χ4v) is 4.21. The predicted molar refractivity (Wildman–Crippen MR) is 133 cm³/mol. The fourth-order valence-electron chi connectivity index (χ4n) is 4.21. The summed E-state index contributed by atoms with van der Waals surface area (Å²) < 4.78 is 32.1. The molecule has 196 valence electrons. The number of Topliss-reactive ketones (excluding diaryl/α,β-unsaturated/α-hetero) is 1. The van der Waals surface area contributed by atoms with Gasteiger partial charge in [-0.3, -0.25) is 14.5 Å². The van der Waals surface area contributed by atoms with Crippen molar-refractivity contribution in [3.63, 3.8) is 0 Å². The molecular weight excluding hydrogens is 468 g/mol. The third-order valence-electron chi connectivity index (χ3n) is 6.21. The van der Waals surface area contributed by atoms with Gasteiger partial charge in [0.15, 0.2) is 28.8 Å². The lowest BCUT2D eigenvalue weighted by atomic mass is 10.1. The third kappa shape index (κ3) is 5.76. The maximum Gasteiger partial charge on any atom is 0.254 e. The number of rotatable bonds is 11. The van der Waals surface area contributed by atoms with Crippen LogP contribution in [-0.2, 0) is 0 Å². The number of piperazine rings is 1. The Bertz CT molecular complexity index is 1030. The summed E-state index contributed by atoms with van der Waals surface area (Å²) in [5.41, 5.74) is 0.969. The van der Waals surface area contributed by atoms with Crippen LogP contribution in [0.3, 0.4) is 0 Å². The molecular formula is C26H34N2O8. The zero-order valence-corrected chi connectivity index (χ0v) is 21.7. The van der Waals surface area contributed by atoms with E-state index in [4.69, 9.17) is 28.4 Å². The minimum atomic E-state index is -0.109. The predicted octanol–water partition coefficient (Wildman–Crippen LogP) is 2.77. The Morgan fingerprint density at radius 1 is 0.639 bits per heavy atom. The van der Waals surface area contributed by atoms with Gasteiger partial charge >= 0.3 is 0 Å². The zero-order chi connectivity index (χ0) is 26.2. The van der Waals surface area contributed by atoms with Gasteiger partial charge in [-0.1, -0.05) is 0 Å². The fraction of sp³-hybridized carbons (Fsp3) is 0.462. The summed E-state index contributed by atoms with van der Waals surface area (Å²) >= 11 is 0. The maximum absolute atomic E-state index is 13.1. The van der Waals surface area contributed by atoms with Crippen molar-refractivity contribution in [1.82, 2.24) is 9.80 Å². The first-order valence-corrected chi connectivity index (χ1v) is 11.6. The second-order valence-electron chi connectivity index (χ2n) is 8.14. The molecule has 1 fully saturated rings. The lowest BCUT2D eigenvalue weighted by Crippen LogP contribution is -2.49. The number of hydrogen-bond donors (Lipinski definition) is 0. The van der Waals surface area contributed by atoms with Crippen LogP contribution in [0.2, 0.25) is 0 Å². The summed E-state index contributed by atoms with van der Waals surface area (Å²) in [6, 6.07) is 6.65. The van der Waals surface area contributed by atoms with Gasteiger partial charge in [-0.25, -0.2) is 0 Å². The van der Waals surface area contributed by atoms with E-state index in [0.717, 1.165) is 0 Å². The number of ether oxygens (including phenoxy) is 6. The van der Waals surface area contributed by atoms with Gasteiger partial charge < -0.3 is 33.3 Å². The van der Waals surface area contributed by atoms with Crippen LogP contribution in [0.4, 0.5) is 0 Å². The topological polar surface area (TPSA) is 96.0 Å². The van der Waals surface area contributed by atoms with E-state index in [9.17, 15) is 9.59 Å². The van der Waals surface area contributed by atoms with E-state index in [1.807, 2.05) is 0 Å². The average Bonchev–Trinajstić information content (AvgIpc) is 2.93. The number of carbonyl (C=O) groups excluding carboxylic acids is 2. The van der Waals surface area contributed by atoms with Crippen LogP contribution in [-0.4, -0.2) is 96.9 Å². The summed E-state index contributed by atoms with van der Waals surface area (Å²) in [5, 5.41) is 0. The Morgan fingerprint density at radius 3 is 1.44 bits per heavy atom. The Kier molecular flexibility index (Phi) is 9.24. The lowest BCUT2D eigenvalue weighted by molar-refractivity contribution is 0.0627. The minimum Gasteiger partial charge on any atom is -0.493 e. The van der Waals surface area contributed by atoms with Crippen LogP contribution in [0.15, 0.2) is 24.3 Å². The van der Waals surface area contributed by atoms with Crippen LogP contribution in [0.5, 0.6) is 34.5 Å². The first-order chi connectivity index (χ1) is 17.4. The summed E-state index contributed by atoms with van der Waals surface area (Å²) in [5.74, 6) is 2.52. The molecule has 1 heterocycles. The van der Waals surface area contributed by atoms with Crippen molar-refractivity contribution in [3.05, 3.63) is 35.4 Å². The molecule has 0 spiro atoms. The normalized spacial score (nSPS) is 13.7. The van der Waals surface area contributed by atoms with E-state index < -0.39 is 0 Å². The second kappa shape index (κ2) is 12.3. The highest BCUT2D eigenvalue weighted by Gasteiger charge is 2.25. The Morgan fingerprint density at radius 2 is 1.06 bits per heavy atom. The molecule has 36 heavy (non-hydrogen) atoms. The molecule has 0 bridgehead atoms. The van der Waals surface area contributed by atoms with Crippen molar-refractivity contribution < 1.29 is 38.0 Å². The molecule has 0 saturated carbocycles. The maximum atomic E-state index is 13.1. The van der Waals surface area contributed by atoms with Gasteiger partial charge in [-0.15, -0.1) is 0 Å². The molecule has 10 nitrogen and oxygen atoms in total. The number of ketones is 1. The molecule has 2 aromatic rings. The van der Waals surface area contributed by atoms with Gasteiger partial charge in [0.2, 0.25) is 11.5 Å². The third-order valence-corrected chi connectivity index (χ3v) is 6.21. The first-order valence-electron chi connectivity index (χ1n) is 11.6. The minimum absolute atomic E-state index is 0.0230. The summed E-state index contributed by atoms with van der Waals surface area (Å²) in [4.78, 5) is 30.0. The molecule has 1 aliphatic heterocycles. The molecule has 0 radical (unpaired) electrons. The number of methoxy groups -OCH3 is 6. The SMILES string of the molecule is COc1cc(C(=O)CCN2CCN(C(=O)c3cc(OC)c(OC)c(OC)c3)CC2)cc(OC)c1OC. The summed E-state index contributed by atoms with van der Waals surface area (Å²) in [6.45, 7) is 3.01. The smallest absolute Gasteiger partial charge is 0.254 e. The van der Waals surface area contributed by atoms with E-state index in [0.29, 0.717) is 84.8 Å². The van der Waals surface area contributed by atoms with Gasteiger partial charge in [0.25, 0.3) is 5.91 Å². The highest BCUT2D eigenvalue weighted by molar-refractivity contribution is 5.97. The molecule has 0 unspecified atom stereocenters. The molecule has 2 aromatic carbocycles. The molecule has 10 heteroatoms. The van der Waals surface area contributed by atoms with Crippen LogP contribution in [0.25, 0.3) is 0 Å². The van der Waals surface area contributed by atoms with E-state index in [-0.39, 0.29) is 11.7 Å². The van der Waals surface area contributed by atoms with E-state index in [2.05, 4.69) is 4.90 Å². The van der Waals surface area contributed by atoms with Crippen molar-refractivity contribution in [3.8, 4) is 34.5 Å². The Labute approximate surface area is 211 Å². The number of amides is 1. The molecule has 0 atom stereocenters. The van der Waals surface area contributed by atoms with Crippen molar-refractivity contribution in [2.24, 2.45) is 0 Å². The second-order valence-corrected chi connectivity index (χ2v) is 8.14. The number of carbonyl (C=O) groups is 2. The molecule has 1 aliphatic rings. The first kappa shape index (κ1) is 26.9. The average molecular weight is 503 g/mol. The summed E-state index contributed by atoms with van der Waals surface area (Å²) in [7, 11) is 9.11. The molecule has 3 rings (SSSR count). The van der Waals surface area contributed by atoms with Gasteiger partial charge in [-0.2, -0.15) is 0 Å².